The lowest BCUT2D eigenvalue weighted by Gasteiger charge is -2.16. The van der Waals surface area contributed by atoms with Crippen LogP contribution in [0.25, 0.3) is 0 Å². The summed E-state index contributed by atoms with van der Waals surface area (Å²) in [6, 6.07) is 3.83. The van der Waals surface area contributed by atoms with E-state index in [1.807, 2.05) is 0 Å². The van der Waals surface area contributed by atoms with Crippen molar-refractivity contribution < 1.29 is 19.7 Å². The molecule has 0 saturated carbocycles. The lowest BCUT2D eigenvalue weighted by atomic mass is 10.0. The summed E-state index contributed by atoms with van der Waals surface area (Å²) >= 11 is 5.34. The van der Waals surface area contributed by atoms with E-state index in [1.54, 1.807) is 0 Å². The third kappa shape index (κ3) is 2.89. The Balaban J connectivity index is 3.01. The van der Waals surface area contributed by atoms with Crippen molar-refractivity contribution in [3.63, 3.8) is 0 Å². The number of alkyl halides is 1. The molecular weight excluding hydrogens is 223 g/mol. The Morgan fingerprint density at radius 2 is 2.00 bits per heavy atom. The molecule has 1 aromatic rings. The van der Waals surface area contributed by atoms with Crippen LogP contribution >= 0.6 is 11.6 Å². The number of rotatable bonds is 4. The minimum absolute atomic E-state index is 0.0605. The van der Waals surface area contributed by atoms with E-state index in [1.165, 1.54) is 12.1 Å². The van der Waals surface area contributed by atoms with Gasteiger partial charge in [0, 0.05) is 5.56 Å². The molecule has 0 heterocycles. The molecule has 3 N–H and O–H groups in total. The molecule has 2 unspecified atom stereocenters. The maximum absolute atomic E-state index is 13.3. The molecular formula is C10H12ClFO3. The average Bonchev–Trinajstić information content (AvgIpc) is 2.27. The first kappa shape index (κ1) is 12.4. The topological polar surface area (TPSA) is 60.7 Å². The number of hydrogen-bond donors (Lipinski definition) is 3. The van der Waals surface area contributed by atoms with Gasteiger partial charge >= 0.3 is 0 Å². The zero-order valence-corrected chi connectivity index (χ0v) is 8.65. The van der Waals surface area contributed by atoms with Gasteiger partial charge in [-0.15, -0.1) is 11.6 Å². The lowest BCUT2D eigenvalue weighted by molar-refractivity contribution is 0.0303. The highest BCUT2D eigenvalue weighted by Gasteiger charge is 2.20. The molecule has 0 aliphatic rings. The van der Waals surface area contributed by atoms with Crippen molar-refractivity contribution in [1.29, 1.82) is 0 Å². The third-order valence-corrected chi connectivity index (χ3v) is 2.40. The fraction of sp³-hybridized carbons (Fsp3) is 0.400. The fourth-order valence-corrected chi connectivity index (χ4v) is 1.38. The summed E-state index contributed by atoms with van der Waals surface area (Å²) in [7, 11) is 0. The van der Waals surface area contributed by atoms with Gasteiger partial charge in [-0.3, -0.25) is 0 Å². The number of halogens is 2. The summed E-state index contributed by atoms with van der Waals surface area (Å²) in [5, 5.41) is 27.6. The van der Waals surface area contributed by atoms with Crippen LogP contribution < -0.4 is 0 Å². The number of aliphatic hydroxyl groups is 3. The first-order valence-electron chi connectivity index (χ1n) is 4.41. The van der Waals surface area contributed by atoms with Crippen LogP contribution in [0.1, 0.15) is 17.2 Å². The van der Waals surface area contributed by atoms with Crippen LogP contribution in [0.5, 0.6) is 0 Å². The number of benzene rings is 1. The molecule has 84 valence electrons. The number of aliphatic hydroxyl groups excluding tert-OH is 3. The SMILES string of the molecule is OCc1ccc(F)c(C(O)C(O)CCl)c1. The van der Waals surface area contributed by atoms with Gasteiger partial charge in [-0.25, -0.2) is 4.39 Å². The van der Waals surface area contributed by atoms with Gasteiger partial charge in [0.2, 0.25) is 0 Å². The summed E-state index contributed by atoms with van der Waals surface area (Å²) in [6.45, 7) is -0.253. The maximum Gasteiger partial charge on any atom is 0.129 e. The van der Waals surface area contributed by atoms with E-state index in [2.05, 4.69) is 0 Å². The van der Waals surface area contributed by atoms with Gasteiger partial charge in [-0.2, -0.15) is 0 Å². The van der Waals surface area contributed by atoms with Crippen molar-refractivity contribution in [2.75, 3.05) is 5.88 Å². The third-order valence-electron chi connectivity index (χ3n) is 2.08. The van der Waals surface area contributed by atoms with Gasteiger partial charge in [-0.05, 0) is 17.7 Å². The van der Waals surface area contributed by atoms with Gasteiger partial charge in [0.25, 0.3) is 0 Å². The summed E-state index contributed by atoms with van der Waals surface area (Å²) in [4.78, 5) is 0. The molecule has 0 saturated heterocycles. The van der Waals surface area contributed by atoms with Crippen LogP contribution in [0, 0.1) is 5.82 Å². The summed E-state index contributed by atoms with van der Waals surface area (Å²) in [5.74, 6) is -0.826. The Hall–Kier alpha value is -0.680. The Morgan fingerprint density at radius 1 is 1.33 bits per heavy atom. The molecule has 1 aromatic carbocycles. The van der Waals surface area contributed by atoms with Crippen LogP contribution in [-0.4, -0.2) is 27.3 Å². The normalized spacial score (nSPS) is 15.0. The monoisotopic (exact) mass is 234 g/mol. The average molecular weight is 235 g/mol. The minimum atomic E-state index is -1.38. The molecule has 0 spiro atoms. The molecule has 0 aliphatic heterocycles. The molecule has 0 amide bonds. The molecule has 0 radical (unpaired) electrons. The molecule has 15 heavy (non-hydrogen) atoms. The Labute approximate surface area is 91.7 Å². The van der Waals surface area contributed by atoms with Crippen molar-refractivity contribution in [3.05, 3.63) is 35.1 Å². The van der Waals surface area contributed by atoms with Crippen molar-refractivity contribution in [2.45, 2.75) is 18.8 Å². The predicted molar refractivity (Wildman–Crippen MR) is 54.0 cm³/mol. The second-order valence-electron chi connectivity index (χ2n) is 3.18. The van der Waals surface area contributed by atoms with E-state index in [9.17, 15) is 14.6 Å². The van der Waals surface area contributed by atoms with E-state index < -0.39 is 18.0 Å². The van der Waals surface area contributed by atoms with Crippen molar-refractivity contribution in [3.8, 4) is 0 Å². The van der Waals surface area contributed by atoms with Crippen LogP contribution in [0.4, 0.5) is 4.39 Å². The highest BCUT2D eigenvalue weighted by atomic mass is 35.5. The van der Waals surface area contributed by atoms with Crippen LogP contribution in [0.2, 0.25) is 0 Å². The van der Waals surface area contributed by atoms with E-state index in [0.717, 1.165) is 6.07 Å². The van der Waals surface area contributed by atoms with E-state index >= 15 is 0 Å². The van der Waals surface area contributed by atoms with Crippen LogP contribution in [0.15, 0.2) is 18.2 Å². The highest BCUT2D eigenvalue weighted by molar-refractivity contribution is 6.18. The van der Waals surface area contributed by atoms with Crippen LogP contribution in [0.3, 0.4) is 0 Å². The Bertz CT molecular complexity index is 332. The molecule has 0 aliphatic carbocycles. The second kappa shape index (κ2) is 5.42. The lowest BCUT2D eigenvalue weighted by Crippen LogP contribution is -2.20. The van der Waals surface area contributed by atoms with Gasteiger partial charge in [-0.1, -0.05) is 6.07 Å². The highest BCUT2D eigenvalue weighted by Crippen LogP contribution is 2.22. The van der Waals surface area contributed by atoms with Crippen LogP contribution in [-0.2, 0) is 6.61 Å². The van der Waals surface area contributed by atoms with Gasteiger partial charge in [0.05, 0.1) is 18.6 Å². The van der Waals surface area contributed by atoms with Gasteiger partial charge < -0.3 is 15.3 Å². The molecule has 1 rings (SSSR count). The molecule has 5 heteroatoms. The summed E-state index contributed by atoms with van der Waals surface area (Å²) in [5.41, 5.74) is 0.405. The maximum atomic E-state index is 13.3. The summed E-state index contributed by atoms with van der Waals surface area (Å²) < 4.78 is 13.3. The van der Waals surface area contributed by atoms with E-state index in [0.29, 0.717) is 5.56 Å². The van der Waals surface area contributed by atoms with Gasteiger partial charge in [0.1, 0.15) is 11.9 Å². The zero-order valence-electron chi connectivity index (χ0n) is 7.90. The molecule has 2 atom stereocenters. The standard InChI is InChI=1S/C10H12ClFO3/c11-4-9(14)10(15)7-3-6(5-13)1-2-8(7)12/h1-3,9-10,13-15H,4-5H2. The second-order valence-corrected chi connectivity index (χ2v) is 3.49. The molecule has 0 fully saturated rings. The predicted octanol–water partition coefficient (Wildman–Crippen LogP) is 0.951. The summed E-state index contributed by atoms with van der Waals surface area (Å²) in [6.07, 6.45) is -2.61. The smallest absolute Gasteiger partial charge is 0.129 e. The minimum Gasteiger partial charge on any atom is -0.392 e. The van der Waals surface area contributed by atoms with Crippen molar-refractivity contribution in [2.24, 2.45) is 0 Å². The zero-order chi connectivity index (χ0) is 11.4. The Morgan fingerprint density at radius 3 is 2.53 bits per heavy atom. The number of hydrogen-bond acceptors (Lipinski definition) is 3. The van der Waals surface area contributed by atoms with Crippen molar-refractivity contribution >= 4 is 11.6 Å². The van der Waals surface area contributed by atoms with E-state index in [4.69, 9.17) is 16.7 Å². The molecule has 0 bridgehead atoms. The first-order valence-corrected chi connectivity index (χ1v) is 4.95. The Kier molecular flexibility index (Phi) is 4.47. The fourth-order valence-electron chi connectivity index (χ4n) is 1.21. The largest absolute Gasteiger partial charge is 0.392 e. The van der Waals surface area contributed by atoms with Crippen molar-refractivity contribution in [1.82, 2.24) is 0 Å². The van der Waals surface area contributed by atoms with Gasteiger partial charge in [0.15, 0.2) is 0 Å². The molecule has 0 aromatic heterocycles. The van der Waals surface area contributed by atoms with E-state index in [-0.39, 0.29) is 18.1 Å². The molecule has 3 nitrogen and oxygen atoms in total. The quantitative estimate of drug-likeness (QED) is 0.680. The first-order chi connectivity index (χ1) is 7.10.